The van der Waals surface area contributed by atoms with Crippen molar-refractivity contribution in [1.29, 1.82) is 0 Å². The van der Waals surface area contributed by atoms with Crippen LogP contribution in [0.3, 0.4) is 0 Å². The lowest BCUT2D eigenvalue weighted by Crippen LogP contribution is -1.97. The molecule has 0 radical (unpaired) electrons. The minimum atomic E-state index is -0.466. The van der Waals surface area contributed by atoms with E-state index in [9.17, 15) is 5.11 Å². The summed E-state index contributed by atoms with van der Waals surface area (Å²) in [4.78, 5) is 0. The molecule has 0 saturated carbocycles. The molecule has 0 aliphatic carbocycles. The highest BCUT2D eigenvalue weighted by Gasteiger charge is 2.06. The Balaban J connectivity index is 2.63. The van der Waals surface area contributed by atoms with E-state index in [-0.39, 0.29) is 0 Å². The van der Waals surface area contributed by atoms with Gasteiger partial charge in [0.15, 0.2) is 0 Å². The van der Waals surface area contributed by atoms with E-state index >= 15 is 0 Å². The molecule has 1 unspecified atom stereocenters. The first-order chi connectivity index (χ1) is 6.24. The van der Waals surface area contributed by atoms with Crippen molar-refractivity contribution in [2.45, 2.75) is 12.5 Å². The quantitative estimate of drug-likeness (QED) is 0.696. The summed E-state index contributed by atoms with van der Waals surface area (Å²) < 4.78 is 0. The smallest absolute Gasteiger partial charge is 0.0830 e. The predicted octanol–water partition coefficient (Wildman–Crippen LogP) is 2.85. The fourth-order valence-electron chi connectivity index (χ4n) is 1.12. The molecule has 0 fully saturated rings. The van der Waals surface area contributed by atoms with Gasteiger partial charge in [0.05, 0.1) is 6.10 Å². The fraction of sp³-hybridized carbons (Fsp3) is 0.167. The van der Waals surface area contributed by atoms with Crippen LogP contribution in [-0.4, -0.2) is 5.11 Å². The van der Waals surface area contributed by atoms with E-state index in [2.05, 4.69) is 13.2 Å². The molecule has 0 saturated heterocycles. The Morgan fingerprint density at radius 3 is 2.54 bits per heavy atom. The summed E-state index contributed by atoms with van der Waals surface area (Å²) in [5, 5.41) is 9.71. The minimum absolute atomic E-state index is 0.466. The summed E-state index contributed by atoms with van der Waals surface area (Å²) in [7, 11) is 0. The average molecular weight is 174 g/mol. The number of allylic oxidation sites excluding steroid dienone is 1. The zero-order chi connectivity index (χ0) is 9.68. The molecule has 1 atom stereocenters. The molecule has 0 heterocycles. The maximum Gasteiger partial charge on any atom is 0.0830 e. The Hall–Kier alpha value is -1.34. The molecule has 1 N–H and O–H groups in total. The molecule has 13 heavy (non-hydrogen) atoms. The third kappa shape index (κ3) is 2.88. The van der Waals surface area contributed by atoms with E-state index in [1.807, 2.05) is 30.3 Å². The maximum atomic E-state index is 9.71. The molecule has 0 aromatic heterocycles. The van der Waals surface area contributed by atoms with Gasteiger partial charge >= 0.3 is 0 Å². The first-order valence-corrected chi connectivity index (χ1v) is 4.27. The van der Waals surface area contributed by atoms with E-state index in [4.69, 9.17) is 0 Å². The van der Waals surface area contributed by atoms with Crippen LogP contribution in [0.5, 0.6) is 0 Å². The fourth-order valence-corrected chi connectivity index (χ4v) is 1.12. The summed E-state index contributed by atoms with van der Waals surface area (Å²) in [6, 6.07) is 9.56. The number of rotatable bonds is 4. The molecule has 0 spiro atoms. The Morgan fingerprint density at radius 1 is 1.38 bits per heavy atom. The van der Waals surface area contributed by atoms with Gasteiger partial charge in [0.2, 0.25) is 0 Å². The van der Waals surface area contributed by atoms with Gasteiger partial charge in [0, 0.05) is 6.42 Å². The van der Waals surface area contributed by atoms with Crippen LogP contribution in [0.15, 0.2) is 55.1 Å². The van der Waals surface area contributed by atoms with Crippen LogP contribution < -0.4 is 0 Å². The zero-order valence-corrected chi connectivity index (χ0v) is 7.61. The van der Waals surface area contributed by atoms with Gasteiger partial charge in [0.25, 0.3) is 0 Å². The van der Waals surface area contributed by atoms with Gasteiger partial charge in [-0.2, -0.15) is 0 Å². The van der Waals surface area contributed by atoms with Crippen molar-refractivity contribution in [2.75, 3.05) is 0 Å². The average Bonchev–Trinajstić information content (AvgIpc) is 2.19. The van der Waals surface area contributed by atoms with Crippen molar-refractivity contribution < 1.29 is 5.11 Å². The lowest BCUT2D eigenvalue weighted by Gasteiger charge is -2.10. The number of hydrogen-bond donors (Lipinski definition) is 1. The van der Waals surface area contributed by atoms with Crippen LogP contribution in [-0.2, 0) is 0 Å². The first kappa shape index (κ1) is 9.75. The molecular weight excluding hydrogens is 160 g/mol. The second-order valence-electron chi connectivity index (χ2n) is 2.99. The van der Waals surface area contributed by atoms with Crippen LogP contribution in [0.4, 0.5) is 0 Å². The van der Waals surface area contributed by atoms with Gasteiger partial charge in [-0.3, -0.25) is 0 Å². The van der Waals surface area contributed by atoms with Crippen LogP contribution in [0.2, 0.25) is 0 Å². The molecule has 1 rings (SSSR count). The van der Waals surface area contributed by atoms with Gasteiger partial charge in [-0.1, -0.05) is 55.1 Å². The summed E-state index contributed by atoms with van der Waals surface area (Å²) in [5.41, 5.74) is 1.78. The van der Waals surface area contributed by atoms with Crippen molar-refractivity contribution in [3.05, 3.63) is 60.7 Å². The highest BCUT2D eigenvalue weighted by Crippen LogP contribution is 2.19. The van der Waals surface area contributed by atoms with Crippen LogP contribution in [0, 0.1) is 0 Å². The van der Waals surface area contributed by atoms with E-state index in [0.717, 1.165) is 11.1 Å². The number of hydrogen-bond acceptors (Lipinski definition) is 1. The molecule has 1 heteroatoms. The van der Waals surface area contributed by atoms with Crippen LogP contribution in [0.25, 0.3) is 0 Å². The van der Waals surface area contributed by atoms with Crippen LogP contribution >= 0.6 is 0 Å². The predicted molar refractivity (Wildman–Crippen MR) is 55.4 cm³/mol. The van der Waals surface area contributed by atoms with Crippen molar-refractivity contribution in [2.24, 2.45) is 0 Å². The van der Waals surface area contributed by atoms with E-state index in [0.29, 0.717) is 6.42 Å². The van der Waals surface area contributed by atoms with E-state index in [1.165, 1.54) is 0 Å². The monoisotopic (exact) mass is 174 g/mol. The molecule has 0 amide bonds. The second kappa shape index (κ2) is 4.63. The van der Waals surface area contributed by atoms with E-state index < -0.39 is 6.10 Å². The largest absolute Gasteiger partial charge is 0.388 e. The molecular formula is C12H14O. The minimum Gasteiger partial charge on any atom is -0.388 e. The van der Waals surface area contributed by atoms with Crippen molar-refractivity contribution in [3.63, 3.8) is 0 Å². The molecule has 0 bridgehead atoms. The van der Waals surface area contributed by atoms with Gasteiger partial charge < -0.3 is 5.11 Å². The van der Waals surface area contributed by atoms with Gasteiger partial charge in [-0.15, -0.1) is 0 Å². The SMILES string of the molecule is C=CC(=C)CC(O)c1ccccc1. The van der Waals surface area contributed by atoms with Crippen molar-refractivity contribution in [3.8, 4) is 0 Å². The molecule has 1 aromatic rings. The van der Waals surface area contributed by atoms with Crippen molar-refractivity contribution in [1.82, 2.24) is 0 Å². The zero-order valence-electron chi connectivity index (χ0n) is 7.61. The van der Waals surface area contributed by atoms with Gasteiger partial charge in [-0.05, 0) is 5.56 Å². The Bertz CT molecular complexity index is 287. The lowest BCUT2D eigenvalue weighted by atomic mass is 10.0. The van der Waals surface area contributed by atoms with Gasteiger partial charge in [-0.25, -0.2) is 0 Å². The molecule has 0 aliphatic rings. The Kier molecular flexibility index (Phi) is 3.47. The van der Waals surface area contributed by atoms with Gasteiger partial charge in [0.1, 0.15) is 0 Å². The number of benzene rings is 1. The topological polar surface area (TPSA) is 20.2 Å². The molecule has 0 aliphatic heterocycles. The first-order valence-electron chi connectivity index (χ1n) is 4.27. The summed E-state index contributed by atoms with van der Waals surface area (Å²) in [6.45, 7) is 7.36. The van der Waals surface area contributed by atoms with Crippen molar-refractivity contribution >= 4 is 0 Å². The third-order valence-electron chi connectivity index (χ3n) is 1.93. The Morgan fingerprint density at radius 2 is 2.00 bits per heavy atom. The standard InChI is InChI=1S/C12H14O/c1-3-10(2)9-12(13)11-7-5-4-6-8-11/h3-8,12-13H,1-2,9H2. The maximum absolute atomic E-state index is 9.71. The molecule has 1 nitrogen and oxygen atoms in total. The molecule has 68 valence electrons. The van der Waals surface area contributed by atoms with E-state index in [1.54, 1.807) is 6.08 Å². The highest BCUT2D eigenvalue weighted by molar-refractivity contribution is 5.21. The highest BCUT2D eigenvalue weighted by atomic mass is 16.3. The third-order valence-corrected chi connectivity index (χ3v) is 1.93. The molecule has 1 aromatic carbocycles. The Labute approximate surface area is 79.0 Å². The van der Waals surface area contributed by atoms with Crippen LogP contribution in [0.1, 0.15) is 18.1 Å². The summed E-state index contributed by atoms with van der Waals surface area (Å²) in [5.74, 6) is 0. The lowest BCUT2D eigenvalue weighted by molar-refractivity contribution is 0.179. The number of aliphatic hydroxyl groups is 1. The summed E-state index contributed by atoms with van der Waals surface area (Å²) >= 11 is 0. The summed E-state index contributed by atoms with van der Waals surface area (Å²) in [6.07, 6.45) is 1.76. The second-order valence-corrected chi connectivity index (χ2v) is 2.99. The normalized spacial score (nSPS) is 12.1. The number of aliphatic hydroxyl groups excluding tert-OH is 1.